The molecule has 0 aliphatic heterocycles. The van der Waals surface area contributed by atoms with Gasteiger partial charge in [-0.1, -0.05) is 6.07 Å². The lowest BCUT2D eigenvalue weighted by molar-refractivity contribution is 0.249. The van der Waals surface area contributed by atoms with Gasteiger partial charge in [-0.25, -0.2) is 9.18 Å². The molecule has 0 fully saturated rings. The highest BCUT2D eigenvalue weighted by atomic mass is 19.1. The summed E-state index contributed by atoms with van der Waals surface area (Å²) in [6.45, 7) is 2.75. The number of hydrogen-bond donors (Lipinski definition) is 3. The van der Waals surface area contributed by atoms with E-state index in [1.807, 2.05) is 6.92 Å². The van der Waals surface area contributed by atoms with Gasteiger partial charge in [-0.15, -0.1) is 0 Å². The summed E-state index contributed by atoms with van der Waals surface area (Å²) in [7, 11) is 1.49. The molecule has 5 nitrogen and oxygen atoms in total. The fourth-order valence-corrected chi connectivity index (χ4v) is 1.57. The average Bonchev–Trinajstić information content (AvgIpc) is 2.33. The normalized spacial score (nSPS) is 11.9. The van der Waals surface area contributed by atoms with Gasteiger partial charge in [-0.05, 0) is 13.0 Å². The molecule has 2 amide bonds. The first-order valence-corrected chi connectivity index (χ1v) is 5.64. The van der Waals surface area contributed by atoms with Gasteiger partial charge in [0.05, 0.1) is 7.11 Å². The van der Waals surface area contributed by atoms with Crippen LogP contribution in [0.25, 0.3) is 0 Å². The number of ether oxygens (including phenoxy) is 1. The zero-order valence-electron chi connectivity index (χ0n) is 10.5. The molecule has 1 unspecified atom stereocenters. The Morgan fingerprint density at radius 3 is 2.78 bits per heavy atom. The van der Waals surface area contributed by atoms with Gasteiger partial charge in [-0.2, -0.15) is 0 Å². The van der Waals surface area contributed by atoms with Gasteiger partial charge in [0.1, 0.15) is 11.6 Å². The van der Waals surface area contributed by atoms with Gasteiger partial charge in [0, 0.05) is 30.8 Å². The molecule has 0 radical (unpaired) electrons. The maximum absolute atomic E-state index is 13.7. The zero-order valence-corrected chi connectivity index (χ0v) is 10.5. The standard InChI is InChI=1S/C12H18FN3O2/c1-8(15-5-6-16-12(14)17)10-4-3-9(18-2)7-11(10)13/h3-4,7-8,15H,5-6H2,1-2H3,(H3,14,16,17). The predicted molar refractivity (Wildman–Crippen MR) is 67.0 cm³/mol. The number of nitrogens with one attached hydrogen (secondary N) is 2. The predicted octanol–water partition coefficient (Wildman–Crippen LogP) is 1.15. The van der Waals surface area contributed by atoms with Crippen molar-refractivity contribution in [2.24, 2.45) is 5.73 Å². The van der Waals surface area contributed by atoms with Crippen molar-refractivity contribution in [1.29, 1.82) is 0 Å². The molecule has 4 N–H and O–H groups in total. The summed E-state index contributed by atoms with van der Waals surface area (Å²) in [5.74, 6) is 0.163. The van der Waals surface area contributed by atoms with E-state index in [1.54, 1.807) is 12.1 Å². The Kier molecular flexibility index (Phi) is 5.38. The quantitative estimate of drug-likeness (QED) is 0.667. The van der Waals surface area contributed by atoms with Crippen LogP contribution in [-0.2, 0) is 0 Å². The van der Waals surface area contributed by atoms with Crippen molar-refractivity contribution < 1.29 is 13.9 Å². The molecule has 1 atom stereocenters. The molecule has 6 heteroatoms. The number of urea groups is 1. The van der Waals surface area contributed by atoms with Crippen molar-refractivity contribution >= 4 is 6.03 Å². The summed E-state index contributed by atoms with van der Waals surface area (Å²) in [6.07, 6.45) is 0. The van der Waals surface area contributed by atoms with Crippen LogP contribution < -0.4 is 21.1 Å². The molecule has 18 heavy (non-hydrogen) atoms. The second-order valence-corrected chi connectivity index (χ2v) is 3.85. The first-order valence-electron chi connectivity index (χ1n) is 5.64. The molecule has 0 spiro atoms. The summed E-state index contributed by atoms with van der Waals surface area (Å²) >= 11 is 0. The Morgan fingerprint density at radius 1 is 1.50 bits per heavy atom. The van der Waals surface area contributed by atoms with Gasteiger partial charge in [0.25, 0.3) is 0 Å². The van der Waals surface area contributed by atoms with Crippen LogP contribution in [-0.4, -0.2) is 26.2 Å². The number of methoxy groups -OCH3 is 1. The number of amides is 2. The van der Waals surface area contributed by atoms with Crippen molar-refractivity contribution in [2.75, 3.05) is 20.2 Å². The van der Waals surface area contributed by atoms with Crippen molar-refractivity contribution in [3.63, 3.8) is 0 Å². The van der Waals surface area contributed by atoms with Crippen molar-refractivity contribution in [1.82, 2.24) is 10.6 Å². The van der Waals surface area contributed by atoms with Crippen molar-refractivity contribution in [3.8, 4) is 5.75 Å². The summed E-state index contributed by atoms with van der Waals surface area (Å²) in [5, 5.41) is 5.53. The van der Waals surface area contributed by atoms with Gasteiger partial charge in [0.15, 0.2) is 0 Å². The van der Waals surface area contributed by atoms with Crippen LogP contribution in [0.2, 0.25) is 0 Å². The third-order valence-corrected chi connectivity index (χ3v) is 2.55. The fraction of sp³-hybridized carbons (Fsp3) is 0.417. The number of hydrogen-bond acceptors (Lipinski definition) is 3. The summed E-state index contributed by atoms with van der Waals surface area (Å²) in [6, 6.07) is 3.99. The molecular weight excluding hydrogens is 237 g/mol. The van der Waals surface area contributed by atoms with E-state index >= 15 is 0 Å². The van der Waals surface area contributed by atoms with E-state index in [0.29, 0.717) is 24.4 Å². The van der Waals surface area contributed by atoms with Gasteiger partial charge < -0.3 is 21.1 Å². The van der Waals surface area contributed by atoms with Crippen LogP contribution in [0.5, 0.6) is 5.75 Å². The third-order valence-electron chi connectivity index (χ3n) is 2.55. The molecule has 1 aromatic rings. The molecule has 0 bridgehead atoms. The van der Waals surface area contributed by atoms with Gasteiger partial charge in [0.2, 0.25) is 0 Å². The lowest BCUT2D eigenvalue weighted by Gasteiger charge is -2.15. The largest absolute Gasteiger partial charge is 0.497 e. The number of rotatable bonds is 6. The Bertz CT molecular complexity index is 412. The first-order chi connectivity index (χ1) is 8.54. The topological polar surface area (TPSA) is 76.4 Å². The first kappa shape index (κ1) is 14.2. The Morgan fingerprint density at radius 2 is 2.22 bits per heavy atom. The molecule has 1 rings (SSSR count). The monoisotopic (exact) mass is 255 g/mol. The van der Waals surface area contributed by atoms with Gasteiger partial charge in [-0.3, -0.25) is 0 Å². The van der Waals surface area contributed by atoms with E-state index in [-0.39, 0.29) is 11.9 Å². The summed E-state index contributed by atoms with van der Waals surface area (Å²) in [4.78, 5) is 10.4. The average molecular weight is 255 g/mol. The maximum Gasteiger partial charge on any atom is 0.312 e. The number of carbonyl (C=O) groups is 1. The highest BCUT2D eigenvalue weighted by molar-refractivity contribution is 5.71. The minimum atomic E-state index is -0.569. The molecule has 1 aromatic carbocycles. The lowest BCUT2D eigenvalue weighted by Crippen LogP contribution is -2.36. The minimum absolute atomic E-state index is 0.161. The highest BCUT2D eigenvalue weighted by Gasteiger charge is 2.10. The Labute approximate surface area is 106 Å². The SMILES string of the molecule is COc1ccc(C(C)NCCNC(N)=O)c(F)c1. The molecule has 0 saturated carbocycles. The van der Waals surface area contributed by atoms with Crippen LogP contribution in [0.15, 0.2) is 18.2 Å². The number of carbonyl (C=O) groups excluding carboxylic acids is 1. The molecule has 0 aromatic heterocycles. The van der Waals surface area contributed by atoms with E-state index in [0.717, 1.165) is 0 Å². The van der Waals surface area contributed by atoms with E-state index in [2.05, 4.69) is 10.6 Å². The zero-order chi connectivity index (χ0) is 13.5. The lowest BCUT2D eigenvalue weighted by atomic mass is 10.1. The van der Waals surface area contributed by atoms with E-state index in [1.165, 1.54) is 13.2 Å². The smallest absolute Gasteiger partial charge is 0.312 e. The van der Waals surface area contributed by atoms with Crippen LogP contribution in [0.4, 0.5) is 9.18 Å². The number of primary amides is 1. The summed E-state index contributed by atoms with van der Waals surface area (Å²) in [5.41, 5.74) is 5.48. The molecular formula is C12H18FN3O2. The second-order valence-electron chi connectivity index (χ2n) is 3.85. The number of nitrogens with two attached hydrogens (primary N) is 1. The van der Waals surface area contributed by atoms with Crippen LogP contribution in [0, 0.1) is 5.82 Å². The van der Waals surface area contributed by atoms with Crippen LogP contribution in [0.3, 0.4) is 0 Å². The van der Waals surface area contributed by atoms with Crippen molar-refractivity contribution in [2.45, 2.75) is 13.0 Å². The number of halogens is 1. The minimum Gasteiger partial charge on any atom is -0.497 e. The van der Waals surface area contributed by atoms with E-state index in [9.17, 15) is 9.18 Å². The van der Waals surface area contributed by atoms with Crippen LogP contribution in [0.1, 0.15) is 18.5 Å². The molecule has 0 aliphatic rings. The van der Waals surface area contributed by atoms with E-state index < -0.39 is 6.03 Å². The van der Waals surface area contributed by atoms with E-state index in [4.69, 9.17) is 10.5 Å². The van der Waals surface area contributed by atoms with Gasteiger partial charge >= 0.3 is 6.03 Å². The maximum atomic E-state index is 13.7. The van der Waals surface area contributed by atoms with Crippen LogP contribution >= 0.6 is 0 Å². The van der Waals surface area contributed by atoms with Crippen molar-refractivity contribution in [3.05, 3.63) is 29.6 Å². The Balaban J connectivity index is 2.50. The number of benzene rings is 1. The summed E-state index contributed by atoms with van der Waals surface area (Å²) < 4.78 is 18.6. The molecule has 0 aliphatic carbocycles. The fourth-order valence-electron chi connectivity index (χ4n) is 1.57. The molecule has 100 valence electrons. The molecule has 0 saturated heterocycles. The Hall–Kier alpha value is -1.82. The highest BCUT2D eigenvalue weighted by Crippen LogP contribution is 2.21. The second kappa shape index (κ2) is 6.80. The third kappa shape index (κ3) is 4.21. The molecule has 0 heterocycles.